The van der Waals surface area contributed by atoms with E-state index in [0.29, 0.717) is 26.0 Å². The SMILES string of the molecule is CC(C)(c1ccc(O)cc1C(F)(F)C(F)(F)C(F)(F)F)c1ccc(O)cc1C(F)(F)C(F)(F)C(F)(F)F. The Balaban J connectivity index is 2.95. The standard InChI is InChI=1S/C21H14F14O2/c1-15(2,11-5-3-9(36)7-13(11)16(22,23)18(26,27)20(30,31)32)12-6-4-10(37)8-14(12)17(24,25)19(28,29)21(33,34)35/h3-8,36-37H,1-2H3. The number of aromatic hydroxyl groups is 2. The summed E-state index contributed by atoms with van der Waals surface area (Å²) in [6, 6.07) is 0.928. The molecule has 0 atom stereocenters. The van der Waals surface area contributed by atoms with E-state index < -0.39 is 75.2 Å². The maximum Gasteiger partial charge on any atom is 0.460 e. The number of hydrogen-bond donors (Lipinski definition) is 2. The van der Waals surface area contributed by atoms with Crippen molar-refractivity contribution in [3.8, 4) is 11.5 Å². The van der Waals surface area contributed by atoms with Crippen LogP contribution in [0.15, 0.2) is 36.4 Å². The van der Waals surface area contributed by atoms with Gasteiger partial charge in [-0.05, 0) is 35.4 Å². The molecule has 0 bridgehead atoms. The first-order chi connectivity index (χ1) is 16.2. The van der Waals surface area contributed by atoms with Gasteiger partial charge in [-0.2, -0.15) is 61.5 Å². The predicted molar refractivity (Wildman–Crippen MR) is 98.1 cm³/mol. The monoisotopic (exact) mass is 564 g/mol. The Kier molecular flexibility index (Phi) is 6.99. The molecule has 2 nitrogen and oxygen atoms in total. The molecule has 0 aliphatic rings. The van der Waals surface area contributed by atoms with Crippen LogP contribution in [-0.2, 0) is 17.3 Å². The van der Waals surface area contributed by atoms with Crippen LogP contribution in [0.25, 0.3) is 0 Å². The molecule has 0 saturated carbocycles. The van der Waals surface area contributed by atoms with Gasteiger partial charge in [0.15, 0.2) is 0 Å². The first kappa shape index (κ1) is 30.3. The molecule has 208 valence electrons. The first-order valence-corrected chi connectivity index (χ1v) is 9.57. The molecule has 0 fully saturated rings. The van der Waals surface area contributed by atoms with Crippen LogP contribution in [0, 0.1) is 0 Å². The highest BCUT2D eigenvalue weighted by Crippen LogP contribution is 2.57. The van der Waals surface area contributed by atoms with Crippen molar-refractivity contribution in [2.24, 2.45) is 0 Å². The lowest BCUT2D eigenvalue weighted by Gasteiger charge is -2.37. The first-order valence-electron chi connectivity index (χ1n) is 9.57. The number of phenolic OH excluding ortho intramolecular Hbond substituents is 2. The second kappa shape index (κ2) is 8.55. The molecular formula is C21H14F14O2. The van der Waals surface area contributed by atoms with Crippen LogP contribution in [0.4, 0.5) is 61.5 Å². The molecule has 0 aromatic heterocycles. The van der Waals surface area contributed by atoms with Crippen LogP contribution >= 0.6 is 0 Å². The highest BCUT2D eigenvalue weighted by molar-refractivity contribution is 5.52. The zero-order chi connectivity index (χ0) is 29.2. The molecule has 2 aromatic rings. The summed E-state index contributed by atoms with van der Waals surface area (Å²) in [5, 5.41) is 19.0. The molecule has 16 heteroatoms. The number of phenols is 2. The highest BCUT2D eigenvalue weighted by atomic mass is 19.4. The summed E-state index contributed by atoms with van der Waals surface area (Å²) in [5.74, 6) is -28.6. The van der Waals surface area contributed by atoms with Crippen molar-refractivity contribution in [3.05, 3.63) is 58.7 Å². The van der Waals surface area contributed by atoms with Gasteiger partial charge in [-0.25, -0.2) is 0 Å². The lowest BCUT2D eigenvalue weighted by Crippen LogP contribution is -2.51. The van der Waals surface area contributed by atoms with Gasteiger partial charge in [-0.1, -0.05) is 26.0 Å². The Hall–Kier alpha value is -2.94. The molecule has 0 aliphatic heterocycles. The average Bonchev–Trinajstić information content (AvgIpc) is 2.71. The van der Waals surface area contributed by atoms with Gasteiger partial charge in [0.25, 0.3) is 0 Å². The van der Waals surface area contributed by atoms with E-state index >= 15 is 0 Å². The van der Waals surface area contributed by atoms with E-state index in [1.165, 1.54) is 0 Å². The lowest BCUT2D eigenvalue weighted by molar-refractivity contribution is -0.359. The van der Waals surface area contributed by atoms with Crippen LogP contribution in [-0.4, -0.2) is 34.4 Å². The second-order valence-electron chi connectivity index (χ2n) is 8.38. The van der Waals surface area contributed by atoms with Gasteiger partial charge in [0.1, 0.15) is 11.5 Å². The Labute approximate surface area is 198 Å². The van der Waals surface area contributed by atoms with Gasteiger partial charge in [0.2, 0.25) is 0 Å². The Bertz CT molecular complexity index is 1070. The van der Waals surface area contributed by atoms with Crippen LogP contribution < -0.4 is 0 Å². The summed E-state index contributed by atoms with van der Waals surface area (Å²) in [4.78, 5) is 0. The van der Waals surface area contributed by atoms with E-state index in [1.807, 2.05) is 0 Å². The maximum atomic E-state index is 14.6. The van der Waals surface area contributed by atoms with E-state index in [4.69, 9.17) is 0 Å². The molecule has 0 radical (unpaired) electrons. The third kappa shape index (κ3) is 4.62. The smallest absolute Gasteiger partial charge is 0.460 e. The summed E-state index contributed by atoms with van der Waals surface area (Å²) in [5.41, 5.74) is -10.1. The molecular weight excluding hydrogens is 550 g/mol. The second-order valence-corrected chi connectivity index (χ2v) is 8.38. The zero-order valence-electron chi connectivity index (χ0n) is 18.2. The lowest BCUT2D eigenvalue weighted by atomic mass is 9.71. The van der Waals surface area contributed by atoms with Gasteiger partial charge >= 0.3 is 36.0 Å². The minimum atomic E-state index is -6.88. The molecule has 2 aromatic carbocycles. The van der Waals surface area contributed by atoms with Crippen LogP contribution in [0.5, 0.6) is 11.5 Å². The van der Waals surface area contributed by atoms with Gasteiger partial charge in [0, 0.05) is 16.5 Å². The number of alkyl halides is 14. The zero-order valence-corrected chi connectivity index (χ0v) is 18.2. The molecule has 0 aliphatic carbocycles. The van der Waals surface area contributed by atoms with Crippen LogP contribution in [0.3, 0.4) is 0 Å². The molecule has 2 rings (SSSR count). The molecule has 0 amide bonds. The van der Waals surface area contributed by atoms with Crippen molar-refractivity contribution in [1.29, 1.82) is 0 Å². The quantitative estimate of drug-likeness (QED) is 0.349. The summed E-state index contributed by atoms with van der Waals surface area (Å²) >= 11 is 0. The minimum absolute atomic E-state index is 0.265. The van der Waals surface area contributed by atoms with Crippen LogP contribution in [0.1, 0.15) is 36.1 Å². The molecule has 0 saturated heterocycles. The Morgan fingerprint density at radius 1 is 0.459 bits per heavy atom. The van der Waals surface area contributed by atoms with E-state index in [9.17, 15) is 71.7 Å². The van der Waals surface area contributed by atoms with Crippen LogP contribution in [0.2, 0.25) is 0 Å². The maximum absolute atomic E-state index is 14.6. The van der Waals surface area contributed by atoms with Crippen molar-refractivity contribution in [2.45, 2.75) is 55.3 Å². The summed E-state index contributed by atoms with van der Waals surface area (Å²) in [7, 11) is 0. The van der Waals surface area contributed by atoms with Crippen molar-refractivity contribution >= 4 is 0 Å². The van der Waals surface area contributed by atoms with Gasteiger partial charge < -0.3 is 10.2 Å². The summed E-state index contributed by atoms with van der Waals surface area (Å²) in [6.07, 6.45) is -13.8. The van der Waals surface area contributed by atoms with Crippen molar-refractivity contribution in [1.82, 2.24) is 0 Å². The molecule has 0 spiro atoms. The third-order valence-corrected chi connectivity index (χ3v) is 5.53. The molecule has 37 heavy (non-hydrogen) atoms. The molecule has 0 unspecified atom stereocenters. The van der Waals surface area contributed by atoms with E-state index in [2.05, 4.69) is 0 Å². The molecule has 2 N–H and O–H groups in total. The summed E-state index contributed by atoms with van der Waals surface area (Å²) < 4.78 is 190. The van der Waals surface area contributed by atoms with Gasteiger partial charge in [-0.15, -0.1) is 0 Å². The fourth-order valence-corrected chi connectivity index (χ4v) is 3.51. The van der Waals surface area contributed by atoms with E-state index in [1.54, 1.807) is 0 Å². The highest BCUT2D eigenvalue weighted by Gasteiger charge is 2.75. The van der Waals surface area contributed by atoms with Crippen molar-refractivity contribution in [3.63, 3.8) is 0 Å². The largest absolute Gasteiger partial charge is 0.508 e. The fraction of sp³-hybridized carbons (Fsp3) is 0.429. The van der Waals surface area contributed by atoms with Gasteiger partial charge in [0.05, 0.1) is 0 Å². The third-order valence-electron chi connectivity index (χ3n) is 5.53. The van der Waals surface area contributed by atoms with Crippen molar-refractivity contribution < 1.29 is 71.7 Å². The van der Waals surface area contributed by atoms with E-state index in [-0.39, 0.29) is 24.3 Å². The number of halogens is 14. The van der Waals surface area contributed by atoms with Crippen molar-refractivity contribution in [2.75, 3.05) is 0 Å². The van der Waals surface area contributed by atoms with Gasteiger partial charge in [-0.3, -0.25) is 0 Å². The fourth-order valence-electron chi connectivity index (χ4n) is 3.51. The number of rotatable bonds is 6. The number of benzene rings is 2. The van der Waals surface area contributed by atoms with E-state index in [0.717, 1.165) is 0 Å². The Morgan fingerprint density at radius 3 is 0.973 bits per heavy atom. The topological polar surface area (TPSA) is 40.5 Å². The Morgan fingerprint density at radius 2 is 0.730 bits per heavy atom. The predicted octanol–water partition coefficient (Wildman–Crippen LogP) is 8.00. The minimum Gasteiger partial charge on any atom is -0.508 e. The molecule has 0 heterocycles. The normalized spacial score (nSPS) is 14.7. The summed E-state index contributed by atoms with van der Waals surface area (Å²) in [6.45, 7) is 1.14. The number of hydrogen-bond acceptors (Lipinski definition) is 2. The average molecular weight is 564 g/mol.